The fourth-order valence-electron chi connectivity index (χ4n) is 1.67. The Balaban J connectivity index is 2.24. The molecule has 0 bridgehead atoms. The molecule has 2 rings (SSSR count). The molecule has 2 aromatic rings. The predicted molar refractivity (Wildman–Crippen MR) is 75.2 cm³/mol. The molecular weight excluding hydrogens is 301 g/mol. The predicted octanol–water partition coefficient (Wildman–Crippen LogP) is 1.53. The number of rotatable bonds is 5. The standard InChI is InChI=1S/C12H14FN3O2S2/c1-8-7-19-12(16-8)6-15-20(17,18)11-4-10(13)3-2-9(11)5-14/h2-4,7,15H,5-6,14H2,1H3. The number of nitrogens with one attached hydrogen (secondary N) is 1. The monoisotopic (exact) mass is 315 g/mol. The van der Waals surface area contributed by atoms with E-state index in [0.717, 1.165) is 11.8 Å². The molecule has 0 unspecified atom stereocenters. The molecule has 0 aliphatic carbocycles. The van der Waals surface area contributed by atoms with Gasteiger partial charge in [0.2, 0.25) is 10.0 Å². The summed E-state index contributed by atoms with van der Waals surface area (Å²) in [6.07, 6.45) is 0. The van der Waals surface area contributed by atoms with E-state index in [2.05, 4.69) is 9.71 Å². The zero-order valence-electron chi connectivity index (χ0n) is 10.8. The van der Waals surface area contributed by atoms with Gasteiger partial charge in [-0.2, -0.15) is 0 Å². The van der Waals surface area contributed by atoms with E-state index in [0.29, 0.717) is 10.6 Å². The van der Waals surface area contributed by atoms with E-state index in [1.807, 2.05) is 12.3 Å². The van der Waals surface area contributed by atoms with Crippen molar-refractivity contribution >= 4 is 21.4 Å². The van der Waals surface area contributed by atoms with E-state index in [9.17, 15) is 12.8 Å². The van der Waals surface area contributed by atoms with Gasteiger partial charge in [-0.25, -0.2) is 22.5 Å². The molecule has 0 radical (unpaired) electrons. The highest BCUT2D eigenvalue weighted by Gasteiger charge is 2.19. The van der Waals surface area contributed by atoms with Gasteiger partial charge in [-0.3, -0.25) is 0 Å². The van der Waals surface area contributed by atoms with Crippen LogP contribution in [0.25, 0.3) is 0 Å². The lowest BCUT2D eigenvalue weighted by atomic mass is 10.2. The van der Waals surface area contributed by atoms with Gasteiger partial charge in [0.15, 0.2) is 0 Å². The van der Waals surface area contributed by atoms with Crippen molar-refractivity contribution in [1.29, 1.82) is 0 Å². The first-order chi connectivity index (χ1) is 9.42. The number of aryl methyl sites for hydroxylation is 1. The first-order valence-electron chi connectivity index (χ1n) is 5.81. The van der Waals surface area contributed by atoms with E-state index in [-0.39, 0.29) is 18.0 Å². The van der Waals surface area contributed by atoms with Crippen molar-refractivity contribution in [2.45, 2.75) is 24.9 Å². The van der Waals surface area contributed by atoms with Crippen molar-refractivity contribution in [1.82, 2.24) is 9.71 Å². The minimum atomic E-state index is -3.82. The van der Waals surface area contributed by atoms with Crippen LogP contribution in [-0.2, 0) is 23.1 Å². The van der Waals surface area contributed by atoms with Crippen LogP contribution in [0.5, 0.6) is 0 Å². The minimum Gasteiger partial charge on any atom is -0.326 e. The lowest BCUT2D eigenvalue weighted by molar-refractivity contribution is 0.575. The number of halogens is 1. The summed E-state index contributed by atoms with van der Waals surface area (Å²) in [5.74, 6) is -0.618. The summed E-state index contributed by atoms with van der Waals surface area (Å²) < 4.78 is 40.0. The quantitative estimate of drug-likeness (QED) is 0.876. The van der Waals surface area contributed by atoms with Gasteiger partial charge in [0.1, 0.15) is 10.8 Å². The van der Waals surface area contributed by atoms with E-state index in [4.69, 9.17) is 5.73 Å². The third kappa shape index (κ3) is 3.40. The Labute approximate surface area is 120 Å². The molecule has 1 aromatic carbocycles. The van der Waals surface area contributed by atoms with Crippen molar-refractivity contribution < 1.29 is 12.8 Å². The van der Waals surface area contributed by atoms with Crippen molar-refractivity contribution in [2.75, 3.05) is 0 Å². The normalized spacial score (nSPS) is 11.8. The third-order valence-corrected chi connectivity index (χ3v) is 5.07. The summed E-state index contributed by atoms with van der Waals surface area (Å²) >= 11 is 1.36. The van der Waals surface area contributed by atoms with Gasteiger partial charge in [0, 0.05) is 17.6 Å². The van der Waals surface area contributed by atoms with Crippen LogP contribution in [0.3, 0.4) is 0 Å². The minimum absolute atomic E-state index is 0.0207. The molecule has 8 heteroatoms. The molecular formula is C12H14FN3O2S2. The Bertz CT molecular complexity index is 713. The maximum absolute atomic E-state index is 13.2. The second-order valence-electron chi connectivity index (χ2n) is 4.16. The lowest BCUT2D eigenvalue weighted by Crippen LogP contribution is -2.25. The van der Waals surface area contributed by atoms with Crippen molar-refractivity contribution in [3.05, 3.63) is 45.7 Å². The van der Waals surface area contributed by atoms with E-state index < -0.39 is 15.8 Å². The zero-order valence-corrected chi connectivity index (χ0v) is 12.4. The van der Waals surface area contributed by atoms with Crippen LogP contribution in [0.15, 0.2) is 28.5 Å². The molecule has 1 heterocycles. The van der Waals surface area contributed by atoms with Crippen LogP contribution in [-0.4, -0.2) is 13.4 Å². The molecule has 0 atom stereocenters. The SMILES string of the molecule is Cc1csc(CNS(=O)(=O)c2cc(F)ccc2CN)n1. The van der Waals surface area contributed by atoms with Gasteiger partial charge >= 0.3 is 0 Å². The van der Waals surface area contributed by atoms with Gasteiger partial charge in [-0.15, -0.1) is 11.3 Å². The van der Waals surface area contributed by atoms with Gasteiger partial charge in [0.05, 0.1) is 11.4 Å². The molecule has 20 heavy (non-hydrogen) atoms. The van der Waals surface area contributed by atoms with Crippen LogP contribution in [0, 0.1) is 12.7 Å². The van der Waals surface area contributed by atoms with Crippen LogP contribution < -0.4 is 10.5 Å². The number of benzene rings is 1. The van der Waals surface area contributed by atoms with Gasteiger partial charge in [-0.05, 0) is 24.6 Å². The van der Waals surface area contributed by atoms with Crippen LogP contribution in [0.2, 0.25) is 0 Å². The number of hydrogen-bond acceptors (Lipinski definition) is 5. The maximum atomic E-state index is 13.2. The largest absolute Gasteiger partial charge is 0.326 e. The molecule has 0 saturated heterocycles. The average molecular weight is 315 g/mol. The molecule has 0 fully saturated rings. The smallest absolute Gasteiger partial charge is 0.241 e. The fourth-order valence-corrected chi connectivity index (χ4v) is 3.71. The van der Waals surface area contributed by atoms with Crippen LogP contribution in [0.4, 0.5) is 4.39 Å². The summed E-state index contributed by atoms with van der Waals surface area (Å²) in [5.41, 5.74) is 6.68. The van der Waals surface area contributed by atoms with E-state index in [1.54, 1.807) is 0 Å². The maximum Gasteiger partial charge on any atom is 0.241 e. The van der Waals surface area contributed by atoms with Gasteiger partial charge in [0.25, 0.3) is 0 Å². The first-order valence-corrected chi connectivity index (χ1v) is 8.18. The van der Waals surface area contributed by atoms with E-state index >= 15 is 0 Å². The number of sulfonamides is 1. The number of hydrogen-bond donors (Lipinski definition) is 2. The molecule has 0 aliphatic rings. The van der Waals surface area contributed by atoms with Gasteiger partial charge in [-0.1, -0.05) is 6.07 Å². The Morgan fingerprint density at radius 3 is 2.80 bits per heavy atom. The number of nitrogens with two attached hydrogens (primary N) is 1. The molecule has 0 saturated carbocycles. The number of thiazole rings is 1. The number of nitrogens with zero attached hydrogens (tertiary/aromatic N) is 1. The second-order valence-corrected chi connectivity index (χ2v) is 6.84. The van der Waals surface area contributed by atoms with Crippen LogP contribution >= 0.6 is 11.3 Å². The lowest BCUT2D eigenvalue weighted by Gasteiger charge is -2.09. The summed E-state index contributed by atoms with van der Waals surface area (Å²) in [5, 5.41) is 2.48. The molecule has 0 amide bonds. The first kappa shape index (κ1) is 15.0. The third-order valence-electron chi connectivity index (χ3n) is 2.62. The fraction of sp³-hybridized carbons (Fsp3) is 0.250. The van der Waals surface area contributed by atoms with E-state index in [1.165, 1.54) is 23.5 Å². The molecule has 108 valence electrons. The van der Waals surface area contributed by atoms with Crippen molar-refractivity contribution in [3.63, 3.8) is 0 Å². The van der Waals surface area contributed by atoms with Crippen molar-refractivity contribution in [2.24, 2.45) is 5.73 Å². The summed E-state index contributed by atoms with van der Waals surface area (Å²) in [7, 11) is -3.82. The summed E-state index contributed by atoms with van der Waals surface area (Å²) in [6.45, 7) is 1.92. The molecule has 5 nitrogen and oxygen atoms in total. The highest BCUT2D eigenvalue weighted by molar-refractivity contribution is 7.89. The Morgan fingerprint density at radius 2 is 2.20 bits per heavy atom. The molecule has 0 spiro atoms. The highest BCUT2D eigenvalue weighted by atomic mass is 32.2. The molecule has 1 aromatic heterocycles. The van der Waals surface area contributed by atoms with Crippen molar-refractivity contribution in [3.8, 4) is 0 Å². The van der Waals surface area contributed by atoms with Gasteiger partial charge < -0.3 is 5.73 Å². The number of aromatic nitrogens is 1. The Morgan fingerprint density at radius 1 is 1.45 bits per heavy atom. The second kappa shape index (κ2) is 5.96. The zero-order chi connectivity index (χ0) is 14.8. The summed E-state index contributed by atoms with van der Waals surface area (Å²) in [4.78, 5) is 4.03. The highest BCUT2D eigenvalue weighted by Crippen LogP contribution is 2.18. The topological polar surface area (TPSA) is 85.1 Å². The summed E-state index contributed by atoms with van der Waals surface area (Å²) in [6, 6.07) is 3.53. The Hall–Kier alpha value is -1.35. The molecule has 3 N–H and O–H groups in total. The van der Waals surface area contributed by atoms with Crippen LogP contribution in [0.1, 0.15) is 16.3 Å². The molecule has 0 aliphatic heterocycles. The average Bonchev–Trinajstić information content (AvgIpc) is 2.82. The Kier molecular flexibility index (Phi) is 4.48.